The van der Waals surface area contributed by atoms with Gasteiger partial charge < -0.3 is 14.8 Å². The van der Waals surface area contributed by atoms with E-state index < -0.39 is 11.9 Å². The van der Waals surface area contributed by atoms with Gasteiger partial charge in [-0.1, -0.05) is 18.2 Å². The first-order valence-electron chi connectivity index (χ1n) is 8.62. The Morgan fingerprint density at radius 3 is 2.76 bits per heavy atom. The molecule has 1 atom stereocenters. The van der Waals surface area contributed by atoms with E-state index in [9.17, 15) is 9.59 Å². The molecule has 0 bridgehead atoms. The molecule has 0 unspecified atom stereocenters. The number of rotatable bonds is 4. The van der Waals surface area contributed by atoms with Crippen LogP contribution in [0.5, 0.6) is 5.75 Å². The van der Waals surface area contributed by atoms with Gasteiger partial charge in [-0.3, -0.25) is 4.79 Å². The van der Waals surface area contributed by atoms with Crippen LogP contribution in [0.2, 0.25) is 0 Å². The molecule has 1 N–H and O–H groups in total. The molecule has 0 saturated heterocycles. The lowest BCUT2D eigenvalue weighted by Crippen LogP contribution is -2.34. The van der Waals surface area contributed by atoms with Crippen LogP contribution in [0.1, 0.15) is 44.6 Å². The summed E-state index contributed by atoms with van der Waals surface area (Å²) in [7, 11) is 1.36. The molecular weight excluding hydrogens is 318 g/mol. The van der Waals surface area contributed by atoms with Crippen LogP contribution in [0.3, 0.4) is 0 Å². The third kappa shape index (κ3) is 3.06. The summed E-state index contributed by atoms with van der Waals surface area (Å²) in [5.41, 5.74) is 3.62. The van der Waals surface area contributed by atoms with Crippen molar-refractivity contribution in [3.63, 3.8) is 0 Å². The van der Waals surface area contributed by atoms with Crippen LogP contribution < -0.4 is 10.1 Å². The van der Waals surface area contributed by atoms with Crippen molar-refractivity contribution in [2.24, 2.45) is 0 Å². The van der Waals surface area contributed by atoms with Crippen LogP contribution in [-0.4, -0.2) is 25.5 Å². The van der Waals surface area contributed by atoms with Gasteiger partial charge in [-0.25, -0.2) is 4.79 Å². The highest BCUT2D eigenvalue weighted by atomic mass is 16.5. The lowest BCUT2D eigenvalue weighted by Gasteiger charge is -2.34. The SMILES string of the molecule is CCOc1ccccc1[C@@H]1C(C(=O)OC)=C(C)NC2=C1C(=O)CCC2. The lowest BCUT2D eigenvalue weighted by atomic mass is 9.75. The lowest BCUT2D eigenvalue weighted by molar-refractivity contribution is -0.136. The highest BCUT2D eigenvalue weighted by Crippen LogP contribution is 2.45. The summed E-state index contributed by atoms with van der Waals surface area (Å²) in [6, 6.07) is 7.59. The van der Waals surface area contributed by atoms with Crippen LogP contribution >= 0.6 is 0 Å². The van der Waals surface area contributed by atoms with Gasteiger partial charge in [0.1, 0.15) is 5.75 Å². The number of carbonyl (C=O) groups is 2. The molecule has 1 aliphatic heterocycles. The van der Waals surface area contributed by atoms with Gasteiger partial charge in [0.05, 0.1) is 25.2 Å². The van der Waals surface area contributed by atoms with Gasteiger partial charge in [0, 0.05) is 29.0 Å². The number of esters is 1. The fourth-order valence-electron chi connectivity index (χ4n) is 3.68. The van der Waals surface area contributed by atoms with Crippen molar-refractivity contribution in [1.82, 2.24) is 5.32 Å². The zero-order valence-corrected chi connectivity index (χ0v) is 14.8. The number of ether oxygens (including phenoxy) is 2. The van der Waals surface area contributed by atoms with Gasteiger partial charge in [-0.15, -0.1) is 0 Å². The molecule has 1 aromatic carbocycles. The zero-order valence-electron chi connectivity index (χ0n) is 14.8. The van der Waals surface area contributed by atoms with E-state index >= 15 is 0 Å². The van der Waals surface area contributed by atoms with Crippen molar-refractivity contribution in [3.8, 4) is 5.75 Å². The van der Waals surface area contributed by atoms with Gasteiger partial charge >= 0.3 is 5.97 Å². The summed E-state index contributed by atoms with van der Waals surface area (Å²) in [6.45, 7) is 4.28. The van der Waals surface area contributed by atoms with Crippen LogP contribution in [0.15, 0.2) is 46.8 Å². The maximum absolute atomic E-state index is 12.7. The van der Waals surface area contributed by atoms with Crippen molar-refractivity contribution >= 4 is 11.8 Å². The average Bonchev–Trinajstić information content (AvgIpc) is 2.61. The highest BCUT2D eigenvalue weighted by molar-refractivity contribution is 6.03. The molecule has 0 amide bonds. The summed E-state index contributed by atoms with van der Waals surface area (Å²) in [4.78, 5) is 25.2. The quantitative estimate of drug-likeness (QED) is 0.852. The van der Waals surface area contributed by atoms with Crippen LogP contribution in [0.25, 0.3) is 0 Å². The minimum absolute atomic E-state index is 0.0824. The summed E-state index contributed by atoms with van der Waals surface area (Å²) in [5.74, 6) is -0.110. The Kier molecular flexibility index (Phi) is 4.93. The Morgan fingerprint density at radius 1 is 1.28 bits per heavy atom. The second-order valence-electron chi connectivity index (χ2n) is 6.23. The van der Waals surface area contributed by atoms with E-state index in [0.29, 0.717) is 29.9 Å². The standard InChI is InChI=1S/C20H23NO4/c1-4-25-16-11-6-5-8-13(16)18-17(20(23)24-3)12(2)21-14-9-7-10-15(22)19(14)18/h5-6,8,11,18,21H,4,7,9-10H2,1-3H3/t18-/m1/s1. The number of Topliss-reactive ketones (excluding diaryl/α,β-unsaturated/α-hetero) is 1. The number of allylic oxidation sites excluding steroid dienone is 3. The molecule has 132 valence electrons. The molecule has 0 aromatic heterocycles. The second-order valence-corrected chi connectivity index (χ2v) is 6.23. The Morgan fingerprint density at radius 2 is 2.04 bits per heavy atom. The molecule has 1 aliphatic carbocycles. The number of methoxy groups -OCH3 is 1. The van der Waals surface area contributed by atoms with Crippen molar-refractivity contribution in [2.75, 3.05) is 13.7 Å². The molecule has 5 nitrogen and oxygen atoms in total. The van der Waals surface area contributed by atoms with Gasteiger partial charge in [0.15, 0.2) is 5.78 Å². The summed E-state index contributed by atoms with van der Waals surface area (Å²) in [6.07, 6.45) is 2.13. The smallest absolute Gasteiger partial charge is 0.336 e. The van der Waals surface area contributed by atoms with Crippen LogP contribution in [0, 0.1) is 0 Å². The molecule has 5 heteroatoms. The highest BCUT2D eigenvalue weighted by Gasteiger charge is 2.40. The maximum atomic E-state index is 12.7. The number of ketones is 1. The Balaban J connectivity index is 2.22. The zero-order chi connectivity index (χ0) is 18.0. The van der Waals surface area contributed by atoms with Crippen molar-refractivity contribution in [3.05, 3.63) is 52.4 Å². The van der Waals surface area contributed by atoms with Crippen molar-refractivity contribution < 1.29 is 19.1 Å². The van der Waals surface area contributed by atoms with Crippen LogP contribution in [0.4, 0.5) is 0 Å². The Labute approximate surface area is 147 Å². The molecule has 0 fully saturated rings. The van der Waals surface area contributed by atoms with E-state index in [-0.39, 0.29) is 5.78 Å². The first kappa shape index (κ1) is 17.3. The first-order valence-corrected chi connectivity index (χ1v) is 8.62. The molecule has 0 radical (unpaired) electrons. The minimum atomic E-state index is -0.459. The number of hydrogen-bond donors (Lipinski definition) is 1. The number of hydrogen-bond acceptors (Lipinski definition) is 5. The number of dihydropyridines is 1. The minimum Gasteiger partial charge on any atom is -0.494 e. The molecule has 0 saturated carbocycles. The number of para-hydroxylation sites is 1. The second kappa shape index (κ2) is 7.13. The number of nitrogens with one attached hydrogen (secondary N) is 1. The molecule has 1 heterocycles. The third-order valence-electron chi connectivity index (χ3n) is 4.71. The fraction of sp³-hybridized carbons (Fsp3) is 0.400. The summed E-state index contributed by atoms with van der Waals surface area (Å²) in [5, 5.41) is 3.26. The van der Waals surface area contributed by atoms with E-state index in [1.165, 1.54) is 7.11 Å². The molecule has 25 heavy (non-hydrogen) atoms. The maximum Gasteiger partial charge on any atom is 0.336 e. The molecule has 2 aliphatic rings. The van der Waals surface area contributed by atoms with Gasteiger partial charge in [-0.2, -0.15) is 0 Å². The molecular formula is C20H23NO4. The third-order valence-corrected chi connectivity index (χ3v) is 4.71. The van der Waals surface area contributed by atoms with E-state index in [2.05, 4.69) is 5.32 Å². The monoisotopic (exact) mass is 341 g/mol. The predicted molar refractivity (Wildman–Crippen MR) is 94.1 cm³/mol. The first-order chi connectivity index (χ1) is 12.1. The van der Waals surface area contributed by atoms with Crippen molar-refractivity contribution in [1.29, 1.82) is 0 Å². The average molecular weight is 341 g/mol. The largest absolute Gasteiger partial charge is 0.494 e. The topological polar surface area (TPSA) is 64.6 Å². The summed E-state index contributed by atoms with van der Waals surface area (Å²) < 4.78 is 10.8. The van der Waals surface area contributed by atoms with E-state index in [1.807, 2.05) is 38.1 Å². The number of carbonyl (C=O) groups excluding carboxylic acids is 2. The van der Waals surface area contributed by atoms with Gasteiger partial charge in [0.25, 0.3) is 0 Å². The summed E-state index contributed by atoms with van der Waals surface area (Å²) >= 11 is 0. The molecule has 0 spiro atoms. The van der Waals surface area contributed by atoms with Gasteiger partial charge in [-0.05, 0) is 32.8 Å². The predicted octanol–water partition coefficient (Wildman–Crippen LogP) is 3.23. The van der Waals surface area contributed by atoms with E-state index in [4.69, 9.17) is 9.47 Å². The number of benzene rings is 1. The Hall–Kier alpha value is -2.56. The Bertz CT molecular complexity index is 776. The van der Waals surface area contributed by atoms with Crippen LogP contribution in [-0.2, 0) is 14.3 Å². The van der Waals surface area contributed by atoms with E-state index in [1.54, 1.807) is 0 Å². The van der Waals surface area contributed by atoms with E-state index in [0.717, 1.165) is 29.8 Å². The molecule has 3 rings (SSSR count). The van der Waals surface area contributed by atoms with Crippen molar-refractivity contribution in [2.45, 2.75) is 39.0 Å². The normalized spacial score (nSPS) is 20.1. The molecule has 1 aromatic rings. The fourth-order valence-corrected chi connectivity index (χ4v) is 3.68. The van der Waals surface area contributed by atoms with Gasteiger partial charge in [0.2, 0.25) is 0 Å².